The minimum atomic E-state index is -0.480. The van der Waals surface area contributed by atoms with Gasteiger partial charge in [0.15, 0.2) is 0 Å². The maximum atomic E-state index is 12.2. The van der Waals surface area contributed by atoms with Gasteiger partial charge in [0.25, 0.3) is 11.8 Å². The zero-order chi connectivity index (χ0) is 17.8. The lowest BCUT2D eigenvalue weighted by molar-refractivity contribution is 0.0486. The number of amides is 2. The van der Waals surface area contributed by atoms with Gasteiger partial charge in [-0.05, 0) is 37.1 Å². The lowest BCUT2D eigenvalue weighted by Crippen LogP contribution is -2.30. The number of esters is 1. The standard InChI is InChI=1S/C19H16ClNO4/c20-16-10-4-3-9-15(16)19(24)25-12-6-5-11-21-17(22)13-7-1-2-8-14(13)18(21)23/h1-4,7-10H,5-6,11-12H2. The number of nitrogens with zero attached hydrogens (tertiary/aromatic N) is 1. The molecule has 2 amide bonds. The highest BCUT2D eigenvalue weighted by Crippen LogP contribution is 2.22. The number of carbonyl (C=O) groups excluding carboxylic acids is 3. The topological polar surface area (TPSA) is 63.7 Å². The smallest absolute Gasteiger partial charge is 0.339 e. The fourth-order valence-corrected chi connectivity index (χ4v) is 2.90. The first-order valence-corrected chi connectivity index (χ1v) is 8.34. The van der Waals surface area contributed by atoms with Crippen molar-refractivity contribution < 1.29 is 19.1 Å². The highest BCUT2D eigenvalue weighted by molar-refractivity contribution is 6.33. The van der Waals surface area contributed by atoms with Crippen LogP contribution in [-0.2, 0) is 4.74 Å². The molecule has 0 unspecified atom stereocenters. The minimum Gasteiger partial charge on any atom is -0.462 e. The number of rotatable bonds is 6. The van der Waals surface area contributed by atoms with Crippen molar-refractivity contribution in [2.24, 2.45) is 0 Å². The SMILES string of the molecule is O=C(OCCCCN1C(=O)c2ccccc2C1=O)c1ccccc1Cl. The van der Waals surface area contributed by atoms with E-state index in [1.165, 1.54) is 4.90 Å². The molecule has 128 valence electrons. The lowest BCUT2D eigenvalue weighted by Gasteiger charge is -2.13. The van der Waals surface area contributed by atoms with Crippen LogP contribution in [0.4, 0.5) is 0 Å². The van der Waals surface area contributed by atoms with Gasteiger partial charge in [-0.3, -0.25) is 14.5 Å². The number of fused-ring (bicyclic) bond motifs is 1. The molecule has 0 N–H and O–H groups in total. The molecule has 1 aliphatic rings. The molecule has 6 heteroatoms. The minimum absolute atomic E-state index is 0.202. The Bertz CT molecular complexity index is 799. The molecule has 0 radical (unpaired) electrons. The monoisotopic (exact) mass is 357 g/mol. The molecule has 0 aromatic heterocycles. The van der Waals surface area contributed by atoms with E-state index in [2.05, 4.69) is 0 Å². The number of halogens is 1. The van der Waals surface area contributed by atoms with Gasteiger partial charge < -0.3 is 4.74 Å². The van der Waals surface area contributed by atoms with Gasteiger partial charge in [-0.1, -0.05) is 35.9 Å². The van der Waals surface area contributed by atoms with Crippen LogP contribution < -0.4 is 0 Å². The van der Waals surface area contributed by atoms with E-state index in [4.69, 9.17) is 16.3 Å². The summed E-state index contributed by atoms with van der Waals surface area (Å²) in [7, 11) is 0. The number of carbonyl (C=O) groups is 3. The molecule has 0 aliphatic carbocycles. The second-order valence-electron chi connectivity index (χ2n) is 5.63. The molecule has 0 spiro atoms. The normalized spacial score (nSPS) is 13.1. The number of unbranched alkanes of at least 4 members (excludes halogenated alkanes) is 1. The van der Waals surface area contributed by atoms with Gasteiger partial charge in [0.2, 0.25) is 0 Å². The molecule has 0 saturated carbocycles. The van der Waals surface area contributed by atoms with E-state index in [1.807, 2.05) is 0 Å². The average Bonchev–Trinajstić information content (AvgIpc) is 2.86. The van der Waals surface area contributed by atoms with E-state index in [-0.39, 0.29) is 18.4 Å². The molecule has 0 fully saturated rings. The Labute approximate surface area is 150 Å². The summed E-state index contributed by atoms with van der Waals surface area (Å²) >= 11 is 5.94. The van der Waals surface area contributed by atoms with Crippen LogP contribution in [0.5, 0.6) is 0 Å². The van der Waals surface area contributed by atoms with Gasteiger partial charge in [0, 0.05) is 6.54 Å². The largest absolute Gasteiger partial charge is 0.462 e. The molecular weight excluding hydrogens is 342 g/mol. The lowest BCUT2D eigenvalue weighted by atomic mass is 10.1. The predicted octanol–water partition coefficient (Wildman–Crippen LogP) is 3.57. The quantitative estimate of drug-likeness (QED) is 0.450. The van der Waals surface area contributed by atoms with Crippen molar-refractivity contribution >= 4 is 29.4 Å². The molecule has 2 aromatic carbocycles. The predicted molar refractivity (Wildman–Crippen MR) is 92.8 cm³/mol. The highest BCUT2D eigenvalue weighted by Gasteiger charge is 2.34. The van der Waals surface area contributed by atoms with E-state index in [0.717, 1.165) is 0 Å². The summed E-state index contributed by atoms with van der Waals surface area (Å²) < 4.78 is 5.18. The maximum absolute atomic E-state index is 12.2. The third-order valence-electron chi connectivity index (χ3n) is 3.98. The van der Waals surface area contributed by atoms with E-state index in [9.17, 15) is 14.4 Å². The Morgan fingerprint density at radius 2 is 1.52 bits per heavy atom. The van der Waals surface area contributed by atoms with Crippen molar-refractivity contribution in [3.8, 4) is 0 Å². The molecule has 25 heavy (non-hydrogen) atoms. The number of hydrogen-bond acceptors (Lipinski definition) is 4. The Balaban J connectivity index is 1.45. The fraction of sp³-hybridized carbons (Fsp3) is 0.211. The molecule has 0 atom stereocenters. The summed E-state index contributed by atoms with van der Waals surface area (Å²) in [5.74, 6) is -1.02. The number of benzene rings is 2. The van der Waals surface area contributed by atoms with E-state index in [1.54, 1.807) is 48.5 Å². The third kappa shape index (κ3) is 3.56. The van der Waals surface area contributed by atoms with E-state index in [0.29, 0.717) is 41.1 Å². The van der Waals surface area contributed by atoms with Crippen molar-refractivity contribution in [1.82, 2.24) is 4.90 Å². The van der Waals surface area contributed by atoms with Crippen LogP contribution in [-0.4, -0.2) is 35.8 Å². The van der Waals surface area contributed by atoms with Crippen LogP contribution in [0.15, 0.2) is 48.5 Å². The molecule has 0 saturated heterocycles. The molecule has 3 rings (SSSR count). The number of imide groups is 1. The van der Waals surface area contributed by atoms with Crippen LogP contribution in [0.2, 0.25) is 5.02 Å². The average molecular weight is 358 g/mol. The maximum Gasteiger partial charge on any atom is 0.339 e. The van der Waals surface area contributed by atoms with Crippen LogP contribution in [0.1, 0.15) is 43.9 Å². The second kappa shape index (κ2) is 7.49. The Kier molecular flexibility index (Phi) is 5.14. The van der Waals surface area contributed by atoms with Crippen LogP contribution in [0.3, 0.4) is 0 Å². The second-order valence-corrected chi connectivity index (χ2v) is 6.04. The van der Waals surface area contributed by atoms with Crippen LogP contribution >= 0.6 is 11.6 Å². The van der Waals surface area contributed by atoms with Crippen molar-refractivity contribution in [2.75, 3.05) is 13.2 Å². The first-order chi connectivity index (χ1) is 12.1. The van der Waals surface area contributed by atoms with Crippen molar-refractivity contribution in [3.63, 3.8) is 0 Å². The summed E-state index contributed by atoms with van der Waals surface area (Å²) in [5, 5.41) is 0.346. The van der Waals surface area contributed by atoms with Gasteiger partial charge in [-0.25, -0.2) is 4.79 Å². The van der Waals surface area contributed by atoms with Gasteiger partial charge in [-0.15, -0.1) is 0 Å². The zero-order valence-electron chi connectivity index (χ0n) is 13.4. The highest BCUT2D eigenvalue weighted by atomic mass is 35.5. The summed E-state index contributed by atoms with van der Waals surface area (Å²) in [6.45, 7) is 0.503. The van der Waals surface area contributed by atoms with Gasteiger partial charge in [-0.2, -0.15) is 0 Å². The van der Waals surface area contributed by atoms with Gasteiger partial charge in [0.05, 0.1) is 28.3 Å². The molecule has 2 aromatic rings. The Morgan fingerprint density at radius 3 is 2.16 bits per heavy atom. The molecular formula is C19H16ClNO4. The number of ether oxygens (including phenoxy) is 1. The van der Waals surface area contributed by atoms with E-state index >= 15 is 0 Å². The molecule has 0 bridgehead atoms. The summed E-state index contributed by atoms with van der Waals surface area (Å²) in [6.07, 6.45) is 1.10. The summed E-state index contributed by atoms with van der Waals surface area (Å²) in [6, 6.07) is 13.5. The Morgan fingerprint density at radius 1 is 0.920 bits per heavy atom. The van der Waals surface area contributed by atoms with Gasteiger partial charge >= 0.3 is 5.97 Å². The molecule has 1 heterocycles. The Hall–Kier alpha value is -2.66. The third-order valence-corrected chi connectivity index (χ3v) is 4.31. The van der Waals surface area contributed by atoms with Crippen molar-refractivity contribution in [3.05, 3.63) is 70.2 Å². The number of hydrogen-bond donors (Lipinski definition) is 0. The first-order valence-electron chi connectivity index (χ1n) is 7.96. The van der Waals surface area contributed by atoms with Crippen LogP contribution in [0.25, 0.3) is 0 Å². The fourth-order valence-electron chi connectivity index (χ4n) is 2.68. The molecule has 5 nitrogen and oxygen atoms in total. The zero-order valence-corrected chi connectivity index (χ0v) is 14.2. The molecule has 1 aliphatic heterocycles. The van der Waals surface area contributed by atoms with Crippen molar-refractivity contribution in [2.45, 2.75) is 12.8 Å². The first kappa shape index (κ1) is 17.2. The summed E-state index contributed by atoms with van der Waals surface area (Å²) in [5.41, 5.74) is 1.21. The van der Waals surface area contributed by atoms with Gasteiger partial charge in [0.1, 0.15) is 0 Å². The summed E-state index contributed by atoms with van der Waals surface area (Å²) in [4.78, 5) is 37.6. The van der Waals surface area contributed by atoms with E-state index < -0.39 is 5.97 Å². The van der Waals surface area contributed by atoms with Crippen LogP contribution in [0, 0.1) is 0 Å². The van der Waals surface area contributed by atoms with Crippen molar-refractivity contribution in [1.29, 1.82) is 0 Å².